The van der Waals surface area contributed by atoms with Crippen molar-refractivity contribution in [3.63, 3.8) is 0 Å². The van der Waals surface area contributed by atoms with Crippen LogP contribution in [-0.2, 0) is 0 Å². The molecule has 164 valence electrons. The second kappa shape index (κ2) is 8.82. The maximum atomic E-state index is 14.4. The Labute approximate surface area is 194 Å². The molecule has 5 nitrogen and oxygen atoms in total. The Morgan fingerprint density at radius 1 is 1.19 bits per heavy atom. The van der Waals surface area contributed by atoms with Gasteiger partial charge in [0.15, 0.2) is 0 Å². The molecule has 0 radical (unpaired) electrons. The molecule has 0 amide bonds. The summed E-state index contributed by atoms with van der Waals surface area (Å²) >= 11 is 3.43. The quantitative estimate of drug-likeness (QED) is 0.314. The van der Waals surface area contributed by atoms with Crippen molar-refractivity contribution in [1.82, 2.24) is 14.2 Å². The molecule has 0 spiro atoms. The van der Waals surface area contributed by atoms with Gasteiger partial charge in [-0.2, -0.15) is 9.78 Å². The average Bonchev–Trinajstić information content (AvgIpc) is 3.06. The summed E-state index contributed by atoms with van der Waals surface area (Å²) in [5.41, 5.74) is 3.44. The predicted molar refractivity (Wildman–Crippen MR) is 131 cm³/mol. The lowest BCUT2D eigenvalue weighted by Crippen LogP contribution is -2.23. The fraction of sp³-hybridized carbons (Fsp3) is 0.240. The summed E-state index contributed by atoms with van der Waals surface area (Å²) in [6, 6.07) is 14.1. The zero-order valence-corrected chi connectivity index (χ0v) is 20.0. The van der Waals surface area contributed by atoms with Crippen molar-refractivity contribution in [3.8, 4) is 5.69 Å². The first-order valence-corrected chi connectivity index (χ1v) is 11.3. The molecule has 1 atom stereocenters. The molecular weight excluding hydrogens is 471 g/mol. The van der Waals surface area contributed by atoms with E-state index in [1.165, 1.54) is 10.7 Å². The zero-order valence-electron chi connectivity index (χ0n) is 18.4. The minimum Gasteiger partial charge on any atom is -0.315 e. The molecule has 0 saturated carbocycles. The van der Waals surface area contributed by atoms with Gasteiger partial charge in [0.2, 0.25) is 0 Å². The van der Waals surface area contributed by atoms with E-state index >= 15 is 0 Å². The lowest BCUT2D eigenvalue weighted by molar-refractivity contribution is 0.613. The lowest BCUT2D eigenvalue weighted by atomic mass is 10.1. The fourth-order valence-corrected chi connectivity index (χ4v) is 4.18. The maximum absolute atomic E-state index is 14.4. The molecule has 0 aliphatic carbocycles. The summed E-state index contributed by atoms with van der Waals surface area (Å²) in [6.45, 7) is 7.92. The number of rotatable bonds is 5. The monoisotopic (exact) mass is 494 g/mol. The smallest absolute Gasteiger partial charge is 0.282 e. The van der Waals surface area contributed by atoms with Crippen LogP contribution in [0.2, 0.25) is 0 Å². The topological polar surface area (TPSA) is 52.2 Å². The number of halogens is 2. The summed E-state index contributed by atoms with van der Waals surface area (Å²) in [7, 11) is 0. The van der Waals surface area contributed by atoms with Gasteiger partial charge in [-0.25, -0.2) is 9.37 Å². The molecule has 0 saturated heterocycles. The first-order valence-electron chi connectivity index (χ1n) is 10.5. The third-order valence-electron chi connectivity index (χ3n) is 5.76. The summed E-state index contributed by atoms with van der Waals surface area (Å²) in [6.07, 6.45) is 2.48. The molecule has 7 heteroatoms. The van der Waals surface area contributed by atoms with Gasteiger partial charge in [-0.05, 0) is 56.7 Å². The van der Waals surface area contributed by atoms with Crippen molar-refractivity contribution in [2.75, 3.05) is 0 Å². The van der Waals surface area contributed by atoms with Crippen LogP contribution >= 0.6 is 15.9 Å². The number of fused-ring (bicyclic) bond motifs is 1. The second-order valence-corrected chi connectivity index (χ2v) is 8.83. The van der Waals surface area contributed by atoms with Gasteiger partial charge in [0.1, 0.15) is 11.6 Å². The fourth-order valence-electron chi connectivity index (χ4n) is 3.82. The number of aromatic nitrogens is 3. The van der Waals surface area contributed by atoms with Crippen molar-refractivity contribution in [3.05, 3.63) is 92.0 Å². The van der Waals surface area contributed by atoms with Crippen molar-refractivity contribution >= 4 is 33.0 Å². The number of hydrogen-bond donors (Lipinski definition) is 0. The molecule has 2 heterocycles. The van der Waals surface area contributed by atoms with E-state index in [1.54, 1.807) is 24.4 Å². The van der Waals surface area contributed by atoms with Crippen LogP contribution in [0.25, 0.3) is 16.6 Å². The van der Waals surface area contributed by atoms with Gasteiger partial charge in [-0.1, -0.05) is 41.9 Å². The van der Waals surface area contributed by atoms with Gasteiger partial charge in [-0.15, -0.1) is 0 Å². The predicted octanol–water partition coefficient (Wildman–Crippen LogP) is 6.10. The van der Waals surface area contributed by atoms with E-state index in [0.717, 1.165) is 27.8 Å². The highest BCUT2D eigenvalue weighted by Crippen LogP contribution is 2.23. The molecule has 0 bridgehead atoms. The van der Waals surface area contributed by atoms with Crippen LogP contribution in [0.3, 0.4) is 0 Å². The Morgan fingerprint density at radius 2 is 1.94 bits per heavy atom. The van der Waals surface area contributed by atoms with Crippen LogP contribution in [0, 0.1) is 19.7 Å². The molecule has 0 unspecified atom stereocenters. The van der Waals surface area contributed by atoms with Gasteiger partial charge >= 0.3 is 0 Å². The SMILES string of the molecule is CC[C@@H](C)c1nc2ccc(Br)cc2c(=O)n1N=Cc1cc(C)n(-c2ccccc2F)c1C. The van der Waals surface area contributed by atoms with E-state index in [1.807, 2.05) is 49.6 Å². The molecule has 0 aliphatic rings. The zero-order chi connectivity index (χ0) is 23.0. The van der Waals surface area contributed by atoms with Gasteiger partial charge in [0.05, 0.1) is 22.8 Å². The van der Waals surface area contributed by atoms with Crippen molar-refractivity contribution in [2.24, 2.45) is 5.10 Å². The maximum Gasteiger partial charge on any atom is 0.282 e. The highest BCUT2D eigenvalue weighted by molar-refractivity contribution is 9.10. The summed E-state index contributed by atoms with van der Waals surface area (Å²) < 4.78 is 18.4. The van der Waals surface area contributed by atoms with Crippen LogP contribution < -0.4 is 5.56 Å². The standard InChI is InChI=1S/C25H24BrFN4O/c1-5-15(2)24-29-22-11-10-19(26)13-20(22)25(32)31(24)28-14-18-12-16(3)30(17(18)4)23-9-7-6-8-21(23)27/h6-15H,5H2,1-4H3/t15-/m1/s1. The van der Waals surface area contributed by atoms with Crippen LogP contribution in [0.5, 0.6) is 0 Å². The average molecular weight is 495 g/mol. The van der Waals surface area contributed by atoms with Gasteiger partial charge < -0.3 is 4.57 Å². The highest BCUT2D eigenvalue weighted by Gasteiger charge is 2.17. The Kier molecular flexibility index (Phi) is 6.11. The Balaban J connectivity index is 1.86. The van der Waals surface area contributed by atoms with E-state index < -0.39 is 0 Å². The Bertz CT molecular complexity index is 1400. The van der Waals surface area contributed by atoms with Gasteiger partial charge in [0.25, 0.3) is 5.56 Å². The molecule has 2 aromatic heterocycles. The van der Waals surface area contributed by atoms with Crippen LogP contribution in [0.4, 0.5) is 4.39 Å². The molecule has 4 rings (SSSR count). The number of aryl methyl sites for hydroxylation is 1. The number of para-hydroxylation sites is 1. The van der Waals surface area contributed by atoms with Gasteiger partial charge in [-0.3, -0.25) is 4.79 Å². The molecule has 4 aromatic rings. The van der Waals surface area contributed by atoms with Crippen molar-refractivity contribution < 1.29 is 4.39 Å². The van der Waals surface area contributed by atoms with E-state index in [9.17, 15) is 9.18 Å². The van der Waals surface area contributed by atoms with Crippen molar-refractivity contribution in [2.45, 2.75) is 40.0 Å². The Hall–Kier alpha value is -3.06. The van der Waals surface area contributed by atoms with E-state index in [0.29, 0.717) is 22.4 Å². The van der Waals surface area contributed by atoms with Crippen molar-refractivity contribution in [1.29, 1.82) is 0 Å². The molecular formula is C25H24BrFN4O. The molecule has 0 aliphatic heterocycles. The summed E-state index contributed by atoms with van der Waals surface area (Å²) in [5.74, 6) is 0.377. The minimum atomic E-state index is -0.294. The summed E-state index contributed by atoms with van der Waals surface area (Å²) in [5, 5.41) is 5.05. The molecule has 0 fully saturated rings. The largest absolute Gasteiger partial charge is 0.315 e. The number of hydrogen-bond acceptors (Lipinski definition) is 3. The molecule has 32 heavy (non-hydrogen) atoms. The van der Waals surface area contributed by atoms with Crippen LogP contribution in [0.1, 0.15) is 49.0 Å². The Morgan fingerprint density at radius 3 is 2.66 bits per heavy atom. The second-order valence-electron chi connectivity index (χ2n) is 7.92. The summed E-state index contributed by atoms with van der Waals surface area (Å²) in [4.78, 5) is 18.0. The third kappa shape index (κ3) is 3.93. The lowest BCUT2D eigenvalue weighted by Gasteiger charge is -2.14. The normalized spacial score (nSPS) is 12.7. The first-order chi connectivity index (χ1) is 15.3. The molecule has 0 N–H and O–H groups in total. The number of nitrogens with zero attached hydrogens (tertiary/aromatic N) is 4. The van der Waals surface area contributed by atoms with Gasteiger partial charge in [0, 0.05) is 27.3 Å². The first kappa shape index (κ1) is 22.1. The van der Waals surface area contributed by atoms with E-state index in [4.69, 9.17) is 4.98 Å². The third-order valence-corrected chi connectivity index (χ3v) is 6.26. The van der Waals surface area contributed by atoms with Crippen LogP contribution in [0.15, 0.2) is 62.9 Å². The molecule has 2 aromatic carbocycles. The van der Waals surface area contributed by atoms with E-state index in [-0.39, 0.29) is 17.3 Å². The highest BCUT2D eigenvalue weighted by atomic mass is 79.9. The van der Waals surface area contributed by atoms with Crippen LogP contribution in [-0.4, -0.2) is 20.4 Å². The number of benzene rings is 2. The van der Waals surface area contributed by atoms with E-state index in [2.05, 4.69) is 28.0 Å². The minimum absolute atomic E-state index is 0.0544.